The van der Waals surface area contributed by atoms with Crippen LogP contribution in [0.3, 0.4) is 0 Å². The molecule has 4 heteroatoms. The van der Waals surface area contributed by atoms with Gasteiger partial charge in [0.15, 0.2) is 0 Å². The molecule has 0 unspecified atom stereocenters. The van der Waals surface area contributed by atoms with Crippen molar-refractivity contribution in [3.63, 3.8) is 0 Å². The fraction of sp³-hybridized carbons (Fsp3) is 0.444. The molecule has 1 amide bonds. The van der Waals surface area contributed by atoms with E-state index in [2.05, 4.69) is 0 Å². The average Bonchev–Trinajstić information content (AvgIpc) is 2.43. The summed E-state index contributed by atoms with van der Waals surface area (Å²) in [7, 11) is 1.64. The second-order valence-corrected chi connectivity index (χ2v) is 3.71. The molecule has 0 aromatic carbocycles. The summed E-state index contributed by atoms with van der Waals surface area (Å²) in [5.74, 6) is -0.343. The van der Waals surface area contributed by atoms with Crippen molar-refractivity contribution in [2.75, 3.05) is 13.7 Å². The van der Waals surface area contributed by atoms with Crippen LogP contribution in [0.4, 0.5) is 0 Å². The summed E-state index contributed by atoms with van der Waals surface area (Å²) >= 11 is 1.40. The zero-order chi connectivity index (χ0) is 9.84. The van der Waals surface area contributed by atoms with E-state index in [-0.39, 0.29) is 5.91 Å². The lowest BCUT2D eigenvalue weighted by Gasteiger charge is -2.01. The highest BCUT2D eigenvalue weighted by Gasteiger charge is 2.12. The number of primary amides is 1. The Kier molecular flexibility index (Phi) is 3.45. The number of carbonyl (C=O) groups is 1. The van der Waals surface area contributed by atoms with Crippen LogP contribution in [0.15, 0.2) is 5.38 Å². The van der Waals surface area contributed by atoms with E-state index < -0.39 is 0 Å². The Morgan fingerprint density at radius 2 is 2.38 bits per heavy atom. The SMILES string of the molecule is COCCc1c(C)csc1C(N)=O. The molecule has 13 heavy (non-hydrogen) atoms. The third-order valence-electron chi connectivity index (χ3n) is 1.88. The zero-order valence-corrected chi connectivity index (χ0v) is 8.61. The Labute approximate surface area is 81.5 Å². The molecule has 1 heterocycles. The van der Waals surface area contributed by atoms with Gasteiger partial charge in [-0.3, -0.25) is 4.79 Å². The number of methoxy groups -OCH3 is 1. The predicted octanol–water partition coefficient (Wildman–Crippen LogP) is 1.34. The second-order valence-electron chi connectivity index (χ2n) is 2.83. The van der Waals surface area contributed by atoms with Crippen molar-refractivity contribution in [2.45, 2.75) is 13.3 Å². The van der Waals surface area contributed by atoms with Crippen molar-refractivity contribution in [2.24, 2.45) is 5.73 Å². The first-order valence-electron chi connectivity index (χ1n) is 4.02. The molecule has 2 N–H and O–H groups in total. The minimum absolute atomic E-state index is 0.343. The number of aryl methyl sites for hydroxylation is 1. The van der Waals surface area contributed by atoms with Crippen molar-refractivity contribution >= 4 is 17.2 Å². The first kappa shape index (κ1) is 10.2. The topological polar surface area (TPSA) is 52.3 Å². The second kappa shape index (κ2) is 4.39. The number of amides is 1. The van der Waals surface area contributed by atoms with Gasteiger partial charge in [0.05, 0.1) is 11.5 Å². The summed E-state index contributed by atoms with van der Waals surface area (Å²) in [5, 5.41) is 1.95. The fourth-order valence-corrected chi connectivity index (χ4v) is 2.15. The molecule has 0 fully saturated rings. The van der Waals surface area contributed by atoms with E-state index >= 15 is 0 Å². The van der Waals surface area contributed by atoms with Crippen LogP contribution in [0.5, 0.6) is 0 Å². The maximum absolute atomic E-state index is 11.0. The summed E-state index contributed by atoms with van der Waals surface area (Å²) < 4.78 is 4.96. The summed E-state index contributed by atoms with van der Waals surface area (Å²) in [6.45, 7) is 2.60. The van der Waals surface area contributed by atoms with Crippen molar-refractivity contribution in [1.82, 2.24) is 0 Å². The van der Waals surface area contributed by atoms with Crippen molar-refractivity contribution in [3.8, 4) is 0 Å². The molecule has 0 saturated carbocycles. The lowest BCUT2D eigenvalue weighted by atomic mass is 10.1. The first-order valence-corrected chi connectivity index (χ1v) is 4.90. The van der Waals surface area contributed by atoms with Gasteiger partial charge in [-0.1, -0.05) is 0 Å². The largest absolute Gasteiger partial charge is 0.384 e. The third kappa shape index (κ3) is 2.29. The summed E-state index contributed by atoms with van der Waals surface area (Å²) in [5.41, 5.74) is 7.38. The van der Waals surface area contributed by atoms with Gasteiger partial charge in [-0.15, -0.1) is 11.3 Å². The maximum atomic E-state index is 11.0. The standard InChI is InChI=1S/C9H13NO2S/c1-6-5-13-8(9(10)11)7(6)3-4-12-2/h5H,3-4H2,1-2H3,(H2,10,11). The van der Waals surface area contributed by atoms with E-state index in [1.807, 2.05) is 12.3 Å². The highest BCUT2D eigenvalue weighted by atomic mass is 32.1. The molecule has 0 bridgehead atoms. The van der Waals surface area contributed by atoms with Crippen LogP contribution >= 0.6 is 11.3 Å². The normalized spacial score (nSPS) is 10.3. The number of carbonyl (C=O) groups excluding carboxylic acids is 1. The van der Waals surface area contributed by atoms with Crippen molar-refractivity contribution < 1.29 is 9.53 Å². The van der Waals surface area contributed by atoms with Gasteiger partial charge < -0.3 is 10.5 Å². The van der Waals surface area contributed by atoms with Gasteiger partial charge in [-0.25, -0.2) is 0 Å². The van der Waals surface area contributed by atoms with E-state index in [4.69, 9.17) is 10.5 Å². The van der Waals surface area contributed by atoms with Gasteiger partial charge in [0.1, 0.15) is 0 Å². The Morgan fingerprint density at radius 3 is 2.92 bits per heavy atom. The number of ether oxygens (including phenoxy) is 1. The smallest absolute Gasteiger partial charge is 0.259 e. The van der Waals surface area contributed by atoms with Gasteiger partial charge in [0.25, 0.3) is 5.91 Å². The minimum atomic E-state index is -0.343. The number of hydrogen-bond donors (Lipinski definition) is 1. The van der Waals surface area contributed by atoms with Crippen LogP contribution in [0, 0.1) is 6.92 Å². The summed E-state index contributed by atoms with van der Waals surface area (Å²) in [6.07, 6.45) is 0.754. The molecular formula is C9H13NO2S. The summed E-state index contributed by atoms with van der Waals surface area (Å²) in [6, 6.07) is 0. The molecule has 0 radical (unpaired) electrons. The molecule has 0 atom stereocenters. The number of nitrogens with two attached hydrogens (primary N) is 1. The minimum Gasteiger partial charge on any atom is -0.384 e. The van der Waals surface area contributed by atoms with Gasteiger partial charge in [-0.05, 0) is 29.9 Å². The molecule has 72 valence electrons. The molecule has 0 spiro atoms. The van der Waals surface area contributed by atoms with E-state index in [0.29, 0.717) is 11.5 Å². The lowest BCUT2D eigenvalue weighted by Crippen LogP contribution is -2.12. The van der Waals surface area contributed by atoms with E-state index in [0.717, 1.165) is 17.5 Å². The highest BCUT2D eigenvalue weighted by molar-refractivity contribution is 7.12. The third-order valence-corrected chi connectivity index (χ3v) is 3.04. The Balaban J connectivity index is 2.88. The van der Waals surface area contributed by atoms with Crippen LogP contribution < -0.4 is 5.73 Å². The predicted molar refractivity (Wildman–Crippen MR) is 53.2 cm³/mol. The molecule has 0 aliphatic rings. The number of hydrogen-bond acceptors (Lipinski definition) is 3. The Morgan fingerprint density at radius 1 is 1.69 bits per heavy atom. The molecule has 0 aliphatic carbocycles. The molecule has 0 aliphatic heterocycles. The van der Waals surface area contributed by atoms with Gasteiger partial charge in [-0.2, -0.15) is 0 Å². The van der Waals surface area contributed by atoms with E-state index in [1.165, 1.54) is 11.3 Å². The number of thiophene rings is 1. The molecular weight excluding hydrogens is 186 g/mol. The molecule has 1 aromatic rings. The molecule has 1 rings (SSSR count). The van der Waals surface area contributed by atoms with Gasteiger partial charge in [0, 0.05) is 7.11 Å². The quantitative estimate of drug-likeness (QED) is 0.795. The fourth-order valence-electron chi connectivity index (χ4n) is 1.19. The van der Waals surface area contributed by atoms with Crippen LogP contribution in [0.25, 0.3) is 0 Å². The van der Waals surface area contributed by atoms with Crippen molar-refractivity contribution in [3.05, 3.63) is 21.4 Å². The van der Waals surface area contributed by atoms with Crippen LogP contribution in [0.1, 0.15) is 20.8 Å². The van der Waals surface area contributed by atoms with Crippen LogP contribution in [-0.2, 0) is 11.2 Å². The van der Waals surface area contributed by atoms with E-state index in [1.54, 1.807) is 7.11 Å². The lowest BCUT2D eigenvalue weighted by molar-refractivity contribution is 0.100. The van der Waals surface area contributed by atoms with Crippen LogP contribution in [-0.4, -0.2) is 19.6 Å². The Hall–Kier alpha value is -0.870. The molecule has 3 nitrogen and oxygen atoms in total. The van der Waals surface area contributed by atoms with Crippen LogP contribution in [0.2, 0.25) is 0 Å². The monoisotopic (exact) mass is 199 g/mol. The molecule has 1 aromatic heterocycles. The number of rotatable bonds is 4. The summed E-state index contributed by atoms with van der Waals surface area (Å²) in [4.78, 5) is 11.7. The van der Waals surface area contributed by atoms with Crippen molar-refractivity contribution in [1.29, 1.82) is 0 Å². The van der Waals surface area contributed by atoms with Gasteiger partial charge in [0.2, 0.25) is 0 Å². The van der Waals surface area contributed by atoms with E-state index in [9.17, 15) is 4.79 Å². The molecule has 0 saturated heterocycles. The highest BCUT2D eigenvalue weighted by Crippen LogP contribution is 2.21. The zero-order valence-electron chi connectivity index (χ0n) is 7.79. The Bertz CT molecular complexity index is 307. The average molecular weight is 199 g/mol. The first-order chi connectivity index (χ1) is 6.16. The van der Waals surface area contributed by atoms with Gasteiger partial charge >= 0.3 is 0 Å². The maximum Gasteiger partial charge on any atom is 0.259 e.